The lowest BCUT2D eigenvalue weighted by atomic mass is 10.2. The Morgan fingerprint density at radius 3 is 2.04 bits per heavy atom. The van der Waals surface area contributed by atoms with E-state index in [0.29, 0.717) is 11.8 Å². The highest BCUT2D eigenvalue weighted by atomic mass is 16.5. The van der Waals surface area contributed by atoms with Gasteiger partial charge in [-0.05, 0) is 66.2 Å². The number of nitrogens with zero attached hydrogens (tertiary/aromatic N) is 3. The lowest BCUT2D eigenvalue weighted by Gasteiger charge is -1.99. The van der Waals surface area contributed by atoms with Crippen molar-refractivity contribution in [1.82, 2.24) is 10.2 Å². The Morgan fingerprint density at radius 2 is 1.41 bits per heavy atom. The lowest BCUT2D eigenvalue weighted by Crippen LogP contribution is -1.84. The molecule has 0 aliphatic carbocycles. The fourth-order valence-electron chi connectivity index (χ4n) is 2.57. The molecule has 5 nitrogen and oxygen atoms in total. The number of hydrogen-bond acceptors (Lipinski definition) is 5. The highest BCUT2D eigenvalue weighted by molar-refractivity contribution is 5.82. The largest absolute Gasteiger partial charge is 0.497 e. The van der Waals surface area contributed by atoms with Crippen LogP contribution < -0.4 is 4.74 Å². The molecule has 0 fully saturated rings. The molecule has 0 amide bonds. The maximum Gasteiger partial charge on any atom is 0.248 e. The van der Waals surface area contributed by atoms with E-state index in [0.717, 1.165) is 28.1 Å². The summed E-state index contributed by atoms with van der Waals surface area (Å²) in [5, 5.41) is 8.25. The van der Waals surface area contributed by atoms with Gasteiger partial charge in [-0.3, -0.25) is 4.99 Å². The maximum atomic E-state index is 5.77. The maximum absolute atomic E-state index is 5.77. The van der Waals surface area contributed by atoms with Crippen LogP contribution in [0.2, 0.25) is 0 Å². The first-order valence-corrected chi connectivity index (χ1v) is 8.49. The molecular weight excluding hydrogens is 338 g/mol. The van der Waals surface area contributed by atoms with E-state index in [4.69, 9.17) is 9.15 Å². The van der Waals surface area contributed by atoms with Crippen LogP contribution in [0, 0.1) is 0 Å². The van der Waals surface area contributed by atoms with Gasteiger partial charge in [0.05, 0.1) is 12.8 Å². The number of methoxy groups -OCH3 is 1. The molecule has 1 aromatic heterocycles. The minimum Gasteiger partial charge on any atom is -0.497 e. The molecule has 5 heteroatoms. The minimum absolute atomic E-state index is 0.486. The van der Waals surface area contributed by atoms with Gasteiger partial charge in [0.2, 0.25) is 11.8 Å². The molecular formula is C22H17N3O2. The summed E-state index contributed by atoms with van der Waals surface area (Å²) >= 11 is 0. The average Bonchev–Trinajstić information content (AvgIpc) is 3.24. The van der Waals surface area contributed by atoms with Crippen LogP contribution in [0.4, 0.5) is 5.69 Å². The Bertz CT molecular complexity index is 1040. The molecule has 0 saturated carbocycles. The molecule has 3 aromatic carbocycles. The first kappa shape index (κ1) is 16.7. The van der Waals surface area contributed by atoms with Gasteiger partial charge in [-0.2, -0.15) is 0 Å². The van der Waals surface area contributed by atoms with E-state index in [1.807, 2.05) is 85.1 Å². The van der Waals surface area contributed by atoms with Crippen LogP contribution in [0.3, 0.4) is 0 Å². The van der Waals surface area contributed by atoms with Gasteiger partial charge in [-0.25, -0.2) is 0 Å². The molecule has 0 atom stereocenters. The van der Waals surface area contributed by atoms with Gasteiger partial charge in [-0.15, -0.1) is 10.2 Å². The standard InChI is InChI=1S/C22H17N3O2/c1-26-20-13-7-16(8-14-20)15-23-19-11-9-18(10-12-19)22-25-24-21(27-22)17-5-3-2-4-6-17/h2-15H,1H3. The van der Waals surface area contributed by atoms with E-state index in [1.165, 1.54) is 0 Å². The summed E-state index contributed by atoms with van der Waals surface area (Å²) in [6.45, 7) is 0. The van der Waals surface area contributed by atoms with E-state index < -0.39 is 0 Å². The number of rotatable bonds is 5. The second-order valence-corrected chi connectivity index (χ2v) is 5.86. The summed E-state index contributed by atoms with van der Waals surface area (Å²) in [5.74, 6) is 1.82. The lowest BCUT2D eigenvalue weighted by molar-refractivity contribution is 0.415. The summed E-state index contributed by atoms with van der Waals surface area (Å²) in [6.07, 6.45) is 1.81. The molecule has 0 unspecified atom stereocenters. The van der Waals surface area contributed by atoms with Gasteiger partial charge in [0, 0.05) is 17.3 Å². The van der Waals surface area contributed by atoms with E-state index in [1.54, 1.807) is 7.11 Å². The van der Waals surface area contributed by atoms with Crippen molar-refractivity contribution in [1.29, 1.82) is 0 Å². The van der Waals surface area contributed by atoms with Crippen molar-refractivity contribution in [3.8, 4) is 28.7 Å². The summed E-state index contributed by atoms with van der Waals surface area (Å²) in [7, 11) is 1.65. The third-order valence-electron chi connectivity index (χ3n) is 4.04. The molecule has 0 aliphatic heterocycles. The molecule has 1 heterocycles. The molecule has 0 saturated heterocycles. The summed E-state index contributed by atoms with van der Waals surface area (Å²) in [6, 6.07) is 25.1. The van der Waals surface area contributed by atoms with Crippen molar-refractivity contribution in [2.45, 2.75) is 0 Å². The van der Waals surface area contributed by atoms with Gasteiger partial charge in [0.15, 0.2) is 0 Å². The summed E-state index contributed by atoms with van der Waals surface area (Å²) in [4.78, 5) is 4.49. The molecule has 0 N–H and O–H groups in total. The number of ether oxygens (including phenoxy) is 1. The number of aromatic nitrogens is 2. The first-order valence-electron chi connectivity index (χ1n) is 8.49. The number of benzene rings is 3. The third kappa shape index (κ3) is 3.93. The van der Waals surface area contributed by atoms with Crippen LogP contribution in [-0.4, -0.2) is 23.5 Å². The molecule has 4 rings (SSSR count). The van der Waals surface area contributed by atoms with Crippen LogP contribution in [0.25, 0.3) is 22.9 Å². The van der Waals surface area contributed by atoms with Gasteiger partial charge in [-0.1, -0.05) is 18.2 Å². The van der Waals surface area contributed by atoms with Crippen LogP contribution >= 0.6 is 0 Å². The van der Waals surface area contributed by atoms with Crippen LogP contribution in [0.1, 0.15) is 5.56 Å². The monoisotopic (exact) mass is 355 g/mol. The predicted molar refractivity (Wildman–Crippen MR) is 105 cm³/mol. The van der Waals surface area contributed by atoms with Crippen LogP contribution in [-0.2, 0) is 0 Å². The number of aliphatic imine (C=N–C) groups is 1. The predicted octanol–water partition coefficient (Wildman–Crippen LogP) is 5.16. The van der Waals surface area contributed by atoms with Crippen molar-refractivity contribution < 1.29 is 9.15 Å². The van der Waals surface area contributed by atoms with Crippen molar-refractivity contribution in [2.75, 3.05) is 7.11 Å². The second-order valence-electron chi connectivity index (χ2n) is 5.86. The van der Waals surface area contributed by atoms with E-state index in [-0.39, 0.29) is 0 Å². The molecule has 0 radical (unpaired) electrons. The highest BCUT2D eigenvalue weighted by Gasteiger charge is 2.09. The van der Waals surface area contributed by atoms with E-state index in [2.05, 4.69) is 15.2 Å². The quantitative estimate of drug-likeness (QED) is 0.464. The fraction of sp³-hybridized carbons (Fsp3) is 0.0455. The summed E-state index contributed by atoms with van der Waals surface area (Å²) < 4.78 is 10.9. The highest BCUT2D eigenvalue weighted by Crippen LogP contribution is 2.25. The van der Waals surface area contributed by atoms with Gasteiger partial charge < -0.3 is 9.15 Å². The topological polar surface area (TPSA) is 60.5 Å². The molecule has 4 aromatic rings. The molecule has 0 spiro atoms. The first-order chi connectivity index (χ1) is 13.3. The fourth-order valence-corrected chi connectivity index (χ4v) is 2.57. The zero-order valence-electron chi connectivity index (χ0n) is 14.7. The van der Waals surface area contributed by atoms with Crippen LogP contribution in [0.5, 0.6) is 5.75 Å². The van der Waals surface area contributed by atoms with Gasteiger partial charge in [0.25, 0.3) is 0 Å². The van der Waals surface area contributed by atoms with E-state index >= 15 is 0 Å². The normalized spacial score (nSPS) is 11.0. The third-order valence-corrected chi connectivity index (χ3v) is 4.04. The van der Waals surface area contributed by atoms with Crippen molar-refractivity contribution in [2.24, 2.45) is 4.99 Å². The molecule has 132 valence electrons. The van der Waals surface area contributed by atoms with E-state index in [9.17, 15) is 0 Å². The SMILES string of the molecule is COc1ccc(C=Nc2ccc(-c3nnc(-c4ccccc4)o3)cc2)cc1. The Labute approximate surface area is 157 Å². The van der Waals surface area contributed by atoms with Crippen molar-refractivity contribution in [3.63, 3.8) is 0 Å². The molecule has 0 bridgehead atoms. The van der Waals surface area contributed by atoms with Gasteiger partial charge in [0.1, 0.15) is 5.75 Å². The minimum atomic E-state index is 0.486. The second kappa shape index (κ2) is 7.66. The Hall–Kier alpha value is -3.73. The summed E-state index contributed by atoms with van der Waals surface area (Å²) in [5.41, 5.74) is 3.60. The smallest absolute Gasteiger partial charge is 0.248 e. The Balaban J connectivity index is 1.49. The van der Waals surface area contributed by atoms with Crippen molar-refractivity contribution >= 4 is 11.9 Å². The zero-order chi connectivity index (χ0) is 18.5. The Morgan fingerprint density at radius 1 is 0.778 bits per heavy atom. The molecule has 0 aliphatic rings. The number of hydrogen-bond donors (Lipinski definition) is 0. The Kier molecular flexibility index (Phi) is 4.74. The van der Waals surface area contributed by atoms with Crippen molar-refractivity contribution in [3.05, 3.63) is 84.4 Å². The average molecular weight is 355 g/mol. The molecule has 27 heavy (non-hydrogen) atoms. The van der Waals surface area contributed by atoms with Gasteiger partial charge >= 0.3 is 0 Å². The zero-order valence-corrected chi connectivity index (χ0v) is 14.7. The van der Waals surface area contributed by atoms with Crippen LogP contribution in [0.15, 0.2) is 88.3 Å².